The highest BCUT2D eigenvalue weighted by Crippen LogP contribution is 2.29. The van der Waals surface area contributed by atoms with Crippen LogP contribution in [0, 0.1) is 5.82 Å². The molecule has 144 valence electrons. The number of ether oxygens (including phenoxy) is 1. The maximum atomic E-state index is 14.7. The van der Waals surface area contributed by atoms with Gasteiger partial charge in [0.1, 0.15) is 17.9 Å². The summed E-state index contributed by atoms with van der Waals surface area (Å²) in [4.78, 5) is 12.8. The molecule has 0 saturated carbocycles. The van der Waals surface area contributed by atoms with Gasteiger partial charge in [0.25, 0.3) is 0 Å². The monoisotopic (exact) mass is 393 g/mol. The Hall–Kier alpha value is -4.12. The van der Waals surface area contributed by atoms with Crippen molar-refractivity contribution in [2.75, 3.05) is 0 Å². The minimum absolute atomic E-state index is 0.305. The molecule has 0 saturated heterocycles. The van der Waals surface area contributed by atoms with Crippen LogP contribution in [-0.2, 0) is 0 Å². The molecule has 0 unspecified atom stereocenters. The fourth-order valence-corrected chi connectivity index (χ4v) is 3.31. The van der Waals surface area contributed by atoms with Crippen molar-refractivity contribution in [3.63, 3.8) is 0 Å². The number of aromatic nitrogens is 3. The van der Waals surface area contributed by atoms with E-state index in [-0.39, 0.29) is 5.82 Å². The molecule has 0 N–H and O–H groups in total. The maximum Gasteiger partial charge on any atom is 0.222 e. The van der Waals surface area contributed by atoms with Crippen molar-refractivity contribution < 1.29 is 9.13 Å². The largest absolute Gasteiger partial charge is 0.439 e. The Kier molecular flexibility index (Phi) is 4.62. The van der Waals surface area contributed by atoms with Gasteiger partial charge < -0.3 is 4.74 Å². The van der Waals surface area contributed by atoms with Crippen LogP contribution in [0.2, 0.25) is 0 Å². The molecule has 0 bridgehead atoms. The van der Waals surface area contributed by atoms with E-state index in [0.29, 0.717) is 28.5 Å². The van der Waals surface area contributed by atoms with Crippen molar-refractivity contribution in [1.82, 2.24) is 15.0 Å². The normalized spacial score (nSPS) is 10.8. The summed E-state index contributed by atoms with van der Waals surface area (Å²) in [7, 11) is 0. The van der Waals surface area contributed by atoms with Crippen LogP contribution in [0.15, 0.2) is 97.5 Å². The summed E-state index contributed by atoms with van der Waals surface area (Å²) < 4.78 is 20.6. The molecule has 0 amide bonds. The molecule has 2 aromatic heterocycles. The summed E-state index contributed by atoms with van der Waals surface area (Å²) in [6.07, 6.45) is 3.15. The van der Waals surface area contributed by atoms with E-state index in [4.69, 9.17) is 4.74 Å². The Balaban J connectivity index is 1.43. The van der Waals surface area contributed by atoms with E-state index in [0.717, 1.165) is 16.5 Å². The highest BCUT2D eigenvalue weighted by molar-refractivity contribution is 5.79. The molecule has 0 aliphatic rings. The first-order chi connectivity index (χ1) is 14.8. The van der Waals surface area contributed by atoms with Crippen LogP contribution in [0.4, 0.5) is 4.39 Å². The van der Waals surface area contributed by atoms with Crippen molar-refractivity contribution in [2.24, 2.45) is 0 Å². The third kappa shape index (κ3) is 3.61. The fourth-order valence-electron chi connectivity index (χ4n) is 3.31. The Morgan fingerprint density at radius 1 is 0.700 bits per heavy atom. The van der Waals surface area contributed by atoms with Gasteiger partial charge in [0, 0.05) is 34.8 Å². The quantitative estimate of drug-likeness (QED) is 0.360. The topological polar surface area (TPSA) is 47.9 Å². The zero-order chi connectivity index (χ0) is 20.3. The van der Waals surface area contributed by atoms with Gasteiger partial charge in [-0.1, -0.05) is 48.5 Å². The molecule has 5 heteroatoms. The summed E-state index contributed by atoms with van der Waals surface area (Å²) in [6.45, 7) is 0. The predicted molar refractivity (Wildman–Crippen MR) is 115 cm³/mol. The molecule has 3 aromatic carbocycles. The van der Waals surface area contributed by atoms with Gasteiger partial charge >= 0.3 is 0 Å². The number of fused-ring (bicyclic) bond motifs is 1. The number of rotatable bonds is 4. The van der Waals surface area contributed by atoms with Crippen LogP contribution in [0.25, 0.3) is 33.3 Å². The average molecular weight is 393 g/mol. The third-order valence-electron chi connectivity index (χ3n) is 4.79. The van der Waals surface area contributed by atoms with Crippen molar-refractivity contribution in [1.29, 1.82) is 0 Å². The van der Waals surface area contributed by atoms with Gasteiger partial charge in [0.05, 0.1) is 11.2 Å². The maximum absolute atomic E-state index is 14.7. The number of nitrogens with zero attached hydrogens (tertiary/aromatic N) is 3. The van der Waals surface area contributed by atoms with E-state index in [1.807, 2.05) is 66.7 Å². The lowest BCUT2D eigenvalue weighted by molar-refractivity contribution is 0.462. The summed E-state index contributed by atoms with van der Waals surface area (Å²) in [5.41, 5.74) is 3.45. The Bertz CT molecular complexity index is 1340. The molecule has 5 rings (SSSR count). The molecule has 0 aliphatic heterocycles. The highest BCUT2D eigenvalue weighted by atomic mass is 19.1. The van der Waals surface area contributed by atoms with Crippen LogP contribution in [-0.4, -0.2) is 15.0 Å². The minimum atomic E-state index is -0.305. The molecule has 2 heterocycles. The number of hydrogen-bond donors (Lipinski definition) is 0. The summed E-state index contributed by atoms with van der Waals surface area (Å²) in [6, 6.07) is 25.8. The zero-order valence-corrected chi connectivity index (χ0v) is 15.9. The molecule has 0 spiro atoms. The molecule has 30 heavy (non-hydrogen) atoms. The first kappa shape index (κ1) is 17.9. The summed E-state index contributed by atoms with van der Waals surface area (Å²) in [5.74, 6) is 0.694. The van der Waals surface area contributed by atoms with E-state index < -0.39 is 0 Å². The predicted octanol–water partition coefficient (Wildman–Crippen LogP) is 6.29. The standard InChI is InChI=1S/C25H16FN3O/c26-22-13-19(9-11-21(22)17-5-2-1-3-6-17)24-15-25(29-16-28-24)30-20-10-8-18-7-4-12-27-23(18)14-20/h1-16H. The van der Waals surface area contributed by atoms with E-state index in [1.165, 1.54) is 12.4 Å². The van der Waals surface area contributed by atoms with E-state index in [9.17, 15) is 4.39 Å². The summed E-state index contributed by atoms with van der Waals surface area (Å²) >= 11 is 0. The molecule has 0 aliphatic carbocycles. The SMILES string of the molecule is Fc1cc(-c2cc(Oc3ccc4cccnc4c3)ncn2)ccc1-c1ccccc1. The number of benzene rings is 3. The van der Waals surface area contributed by atoms with Gasteiger partial charge in [-0.05, 0) is 29.8 Å². The third-order valence-corrected chi connectivity index (χ3v) is 4.79. The molecular weight excluding hydrogens is 377 g/mol. The van der Waals surface area contributed by atoms with Crippen LogP contribution in [0.1, 0.15) is 0 Å². The van der Waals surface area contributed by atoms with Crippen molar-refractivity contribution >= 4 is 10.9 Å². The number of halogens is 1. The van der Waals surface area contributed by atoms with Gasteiger partial charge in [0.15, 0.2) is 0 Å². The molecule has 4 nitrogen and oxygen atoms in total. The first-order valence-corrected chi connectivity index (χ1v) is 9.46. The molecule has 0 radical (unpaired) electrons. The number of pyridine rings is 1. The minimum Gasteiger partial charge on any atom is -0.439 e. The van der Waals surface area contributed by atoms with Gasteiger partial charge in [0.2, 0.25) is 5.88 Å². The fraction of sp³-hybridized carbons (Fsp3) is 0. The molecule has 0 fully saturated rings. The Morgan fingerprint density at radius 2 is 1.60 bits per heavy atom. The average Bonchev–Trinajstić information content (AvgIpc) is 2.80. The zero-order valence-electron chi connectivity index (χ0n) is 15.9. The van der Waals surface area contributed by atoms with Gasteiger partial charge in [-0.25, -0.2) is 14.4 Å². The lowest BCUT2D eigenvalue weighted by Crippen LogP contribution is -1.93. The van der Waals surface area contributed by atoms with Crippen molar-refractivity contribution in [3.05, 3.63) is 103 Å². The van der Waals surface area contributed by atoms with Crippen molar-refractivity contribution in [2.45, 2.75) is 0 Å². The second kappa shape index (κ2) is 7.72. The van der Waals surface area contributed by atoms with E-state index in [1.54, 1.807) is 18.3 Å². The Morgan fingerprint density at radius 3 is 2.47 bits per heavy atom. The first-order valence-electron chi connectivity index (χ1n) is 9.46. The van der Waals surface area contributed by atoms with Crippen LogP contribution < -0.4 is 4.74 Å². The van der Waals surface area contributed by atoms with E-state index in [2.05, 4.69) is 15.0 Å². The molecule has 5 aromatic rings. The summed E-state index contributed by atoms with van der Waals surface area (Å²) in [5, 5.41) is 1.03. The second-order valence-electron chi connectivity index (χ2n) is 6.76. The van der Waals surface area contributed by atoms with Gasteiger partial charge in [-0.2, -0.15) is 0 Å². The van der Waals surface area contributed by atoms with Crippen LogP contribution in [0.3, 0.4) is 0 Å². The van der Waals surface area contributed by atoms with Gasteiger partial charge in [-0.15, -0.1) is 0 Å². The smallest absolute Gasteiger partial charge is 0.222 e. The van der Waals surface area contributed by atoms with Crippen LogP contribution >= 0.6 is 0 Å². The molecular formula is C25H16FN3O. The Labute approximate surface area is 172 Å². The lowest BCUT2D eigenvalue weighted by atomic mass is 10.0. The second-order valence-corrected chi connectivity index (χ2v) is 6.76. The molecule has 0 atom stereocenters. The number of hydrogen-bond acceptors (Lipinski definition) is 4. The highest BCUT2D eigenvalue weighted by Gasteiger charge is 2.10. The van der Waals surface area contributed by atoms with Crippen LogP contribution in [0.5, 0.6) is 11.6 Å². The van der Waals surface area contributed by atoms with Gasteiger partial charge in [-0.3, -0.25) is 4.98 Å². The lowest BCUT2D eigenvalue weighted by Gasteiger charge is -2.09. The van der Waals surface area contributed by atoms with E-state index >= 15 is 0 Å². The van der Waals surface area contributed by atoms with Crippen molar-refractivity contribution in [3.8, 4) is 34.0 Å².